The molecule has 0 aromatic rings. The number of rotatable bonds is 2. The molecule has 0 aromatic heterocycles. The van der Waals surface area contributed by atoms with Gasteiger partial charge in [-0.25, -0.2) is 0 Å². The first-order valence-corrected chi connectivity index (χ1v) is 3.42. The van der Waals surface area contributed by atoms with Crippen molar-refractivity contribution in [3.63, 3.8) is 0 Å². The fraction of sp³-hybridized carbons (Fsp3) is 0.667. The van der Waals surface area contributed by atoms with Crippen LogP contribution in [0.1, 0.15) is 13.8 Å². The van der Waals surface area contributed by atoms with E-state index >= 15 is 0 Å². The number of hydrogen-bond donors (Lipinski definition) is 0. The third-order valence-electron chi connectivity index (χ3n) is 0.783. The van der Waals surface area contributed by atoms with Crippen LogP contribution in [0.3, 0.4) is 0 Å². The van der Waals surface area contributed by atoms with Crippen molar-refractivity contribution in [1.29, 1.82) is 0 Å². The van der Waals surface area contributed by atoms with Crippen molar-refractivity contribution in [2.24, 2.45) is 0 Å². The molecule has 0 aliphatic heterocycles. The van der Waals surface area contributed by atoms with Crippen LogP contribution in [0.4, 0.5) is 17.6 Å². The van der Waals surface area contributed by atoms with Gasteiger partial charge in [-0.3, -0.25) is 0 Å². The van der Waals surface area contributed by atoms with Gasteiger partial charge in [0.2, 0.25) is 11.0 Å². The lowest BCUT2D eigenvalue weighted by Crippen LogP contribution is -2.18. The molecular formula is C6H7ClF4O. The van der Waals surface area contributed by atoms with Crippen LogP contribution >= 0.6 is 11.6 Å². The van der Waals surface area contributed by atoms with E-state index in [1.54, 1.807) is 0 Å². The number of halogens is 5. The Bertz CT molecular complexity index is 180. The normalized spacial score (nSPS) is 14.7. The van der Waals surface area contributed by atoms with Crippen molar-refractivity contribution >= 4 is 11.6 Å². The number of ether oxygens (including phenoxy) is 1. The lowest BCUT2D eigenvalue weighted by atomic mass is 10.4. The Balaban J connectivity index is 4.60. The second-order valence-corrected chi connectivity index (χ2v) is 2.59. The van der Waals surface area contributed by atoms with Crippen molar-refractivity contribution in [1.82, 2.24) is 0 Å². The maximum Gasteiger partial charge on any atom is 0.453 e. The molecule has 0 aliphatic rings. The molecular weight excluding hydrogens is 200 g/mol. The van der Waals surface area contributed by atoms with Crippen LogP contribution in [0, 0.1) is 0 Å². The van der Waals surface area contributed by atoms with Gasteiger partial charge in [0, 0.05) is 0 Å². The monoisotopic (exact) mass is 206 g/mol. The minimum absolute atomic E-state index is 0.772. The first-order chi connectivity index (χ1) is 5.25. The van der Waals surface area contributed by atoms with Crippen LogP contribution in [0.2, 0.25) is 0 Å². The van der Waals surface area contributed by atoms with Crippen molar-refractivity contribution in [2.45, 2.75) is 26.1 Å². The molecule has 0 saturated heterocycles. The summed E-state index contributed by atoms with van der Waals surface area (Å²) in [5.41, 5.74) is 0. The van der Waals surface area contributed by atoms with E-state index in [9.17, 15) is 17.6 Å². The fourth-order valence-electron chi connectivity index (χ4n) is 0.454. The Labute approximate surface area is 72.0 Å². The summed E-state index contributed by atoms with van der Waals surface area (Å²) in [6, 6.07) is 0. The van der Waals surface area contributed by atoms with Crippen LogP contribution < -0.4 is 0 Å². The second-order valence-electron chi connectivity index (χ2n) is 2.25. The van der Waals surface area contributed by atoms with E-state index < -0.39 is 23.3 Å². The Kier molecular flexibility index (Phi) is 3.83. The highest BCUT2D eigenvalue weighted by atomic mass is 35.5. The zero-order valence-corrected chi connectivity index (χ0v) is 7.13. The molecule has 6 heteroatoms. The molecule has 0 amide bonds. The van der Waals surface area contributed by atoms with E-state index in [4.69, 9.17) is 0 Å². The van der Waals surface area contributed by atoms with Gasteiger partial charge in [0.05, 0.1) is 6.10 Å². The number of alkyl halides is 3. The molecule has 0 aromatic carbocycles. The Morgan fingerprint density at radius 3 is 1.83 bits per heavy atom. The summed E-state index contributed by atoms with van der Waals surface area (Å²) in [5, 5.41) is -1.88. The summed E-state index contributed by atoms with van der Waals surface area (Å²) in [6.07, 6.45) is -5.65. The minimum atomic E-state index is -4.88. The quantitative estimate of drug-likeness (QED) is 0.497. The lowest BCUT2D eigenvalue weighted by molar-refractivity contribution is -0.139. The Morgan fingerprint density at radius 1 is 1.33 bits per heavy atom. The van der Waals surface area contributed by atoms with Crippen molar-refractivity contribution in [3.8, 4) is 0 Å². The van der Waals surface area contributed by atoms with Crippen molar-refractivity contribution in [2.75, 3.05) is 0 Å². The van der Waals surface area contributed by atoms with Crippen LogP contribution in [0.5, 0.6) is 0 Å². The lowest BCUT2D eigenvalue weighted by Gasteiger charge is -2.15. The summed E-state index contributed by atoms with van der Waals surface area (Å²) in [4.78, 5) is 0. The highest BCUT2D eigenvalue weighted by Gasteiger charge is 2.39. The molecule has 12 heavy (non-hydrogen) atoms. The first kappa shape index (κ1) is 11.6. The largest absolute Gasteiger partial charge is 0.484 e. The molecule has 0 saturated carbocycles. The molecule has 0 unspecified atom stereocenters. The summed E-state index contributed by atoms with van der Waals surface area (Å²) in [6.45, 7) is 2.68. The van der Waals surface area contributed by atoms with E-state index in [0.29, 0.717) is 0 Å². The molecule has 0 fully saturated rings. The average molecular weight is 207 g/mol. The molecule has 0 radical (unpaired) electrons. The second kappa shape index (κ2) is 3.98. The molecule has 0 atom stereocenters. The average Bonchev–Trinajstić information content (AvgIpc) is 1.79. The van der Waals surface area contributed by atoms with E-state index in [2.05, 4.69) is 16.3 Å². The standard InChI is InChI=1S/C6H7ClF4O/c1-3(2)12-4(5(7)8)6(9,10)11/h3H,1-2H3/b5-4+. The van der Waals surface area contributed by atoms with Gasteiger partial charge in [-0.05, 0) is 25.4 Å². The summed E-state index contributed by atoms with van der Waals surface area (Å²) < 4.78 is 51.6. The molecule has 72 valence electrons. The molecule has 1 nitrogen and oxygen atoms in total. The van der Waals surface area contributed by atoms with Gasteiger partial charge in [-0.1, -0.05) is 0 Å². The Hall–Kier alpha value is -0.450. The molecule has 0 N–H and O–H groups in total. The van der Waals surface area contributed by atoms with Crippen LogP contribution in [-0.2, 0) is 4.74 Å². The highest BCUT2D eigenvalue weighted by Crippen LogP contribution is 2.31. The fourth-order valence-corrected chi connectivity index (χ4v) is 0.606. The summed E-state index contributed by atoms with van der Waals surface area (Å²) in [7, 11) is 0. The number of hydrogen-bond acceptors (Lipinski definition) is 1. The van der Waals surface area contributed by atoms with E-state index in [1.807, 2.05) is 0 Å². The minimum Gasteiger partial charge on any atom is -0.484 e. The highest BCUT2D eigenvalue weighted by molar-refractivity contribution is 6.28. The third kappa shape index (κ3) is 3.80. The summed E-state index contributed by atoms with van der Waals surface area (Å²) >= 11 is 4.54. The number of allylic oxidation sites excluding steroid dienone is 1. The van der Waals surface area contributed by atoms with Crippen LogP contribution in [0.15, 0.2) is 11.0 Å². The van der Waals surface area contributed by atoms with Gasteiger partial charge in [-0.2, -0.15) is 17.6 Å². The van der Waals surface area contributed by atoms with Crippen molar-refractivity contribution in [3.05, 3.63) is 11.0 Å². The molecule has 0 spiro atoms. The van der Waals surface area contributed by atoms with Gasteiger partial charge in [0.1, 0.15) is 0 Å². The van der Waals surface area contributed by atoms with E-state index in [0.717, 1.165) is 0 Å². The maximum atomic E-state index is 12.0. The summed E-state index contributed by atoms with van der Waals surface area (Å²) in [5.74, 6) is -1.78. The van der Waals surface area contributed by atoms with E-state index in [1.165, 1.54) is 13.8 Å². The van der Waals surface area contributed by atoms with Crippen LogP contribution in [-0.4, -0.2) is 12.3 Å². The van der Waals surface area contributed by atoms with Gasteiger partial charge < -0.3 is 4.74 Å². The Morgan fingerprint density at radius 2 is 1.75 bits per heavy atom. The van der Waals surface area contributed by atoms with Gasteiger partial charge >= 0.3 is 6.18 Å². The smallest absolute Gasteiger partial charge is 0.453 e. The molecule has 0 heterocycles. The first-order valence-electron chi connectivity index (χ1n) is 3.04. The molecule has 0 aliphatic carbocycles. The van der Waals surface area contributed by atoms with Crippen molar-refractivity contribution < 1.29 is 22.3 Å². The maximum absolute atomic E-state index is 12.0. The molecule has 0 rings (SSSR count). The predicted molar refractivity (Wildman–Crippen MR) is 36.3 cm³/mol. The van der Waals surface area contributed by atoms with Gasteiger partial charge in [-0.15, -0.1) is 0 Å². The van der Waals surface area contributed by atoms with Gasteiger partial charge in [0.15, 0.2) is 0 Å². The topological polar surface area (TPSA) is 9.23 Å². The predicted octanol–water partition coefficient (Wildman–Crippen LogP) is 3.35. The van der Waals surface area contributed by atoms with Crippen LogP contribution in [0.25, 0.3) is 0 Å². The SMILES string of the molecule is CC(C)O/C(=C(/F)Cl)C(F)(F)F. The molecule has 0 bridgehead atoms. The van der Waals surface area contributed by atoms with Gasteiger partial charge in [0.25, 0.3) is 0 Å². The van der Waals surface area contributed by atoms with E-state index in [-0.39, 0.29) is 0 Å². The zero-order chi connectivity index (χ0) is 9.94. The third-order valence-corrected chi connectivity index (χ3v) is 0.954. The zero-order valence-electron chi connectivity index (χ0n) is 6.38.